The van der Waals surface area contributed by atoms with Crippen LogP contribution in [0.2, 0.25) is 0 Å². The number of hydrogen-bond acceptors (Lipinski definition) is 3. The number of halogens is 1. The third-order valence-corrected chi connectivity index (χ3v) is 2.78. The van der Waals surface area contributed by atoms with Crippen LogP contribution in [0.15, 0.2) is 30.3 Å². The molecule has 1 N–H and O–H groups in total. The lowest BCUT2D eigenvalue weighted by Gasteiger charge is -2.23. The van der Waals surface area contributed by atoms with Crippen molar-refractivity contribution >= 4 is 11.8 Å². The second kappa shape index (κ2) is 4.63. The largest absolute Gasteiger partial charge is 0.333 e. The standard InChI is InChI=1S/C12H12FNO3/c13-8-17-12(7-10(15)14-11(12)16)6-9-4-2-1-3-5-9/h1-5H,6-8H2,(H,14,15,16). The fourth-order valence-electron chi connectivity index (χ4n) is 1.96. The predicted octanol–water partition coefficient (Wildman–Crippen LogP) is 0.958. The Hall–Kier alpha value is -1.75. The van der Waals surface area contributed by atoms with Crippen molar-refractivity contribution in [1.82, 2.24) is 5.32 Å². The van der Waals surface area contributed by atoms with Gasteiger partial charge >= 0.3 is 0 Å². The van der Waals surface area contributed by atoms with Gasteiger partial charge in [-0.2, -0.15) is 0 Å². The first kappa shape index (κ1) is 11.7. The van der Waals surface area contributed by atoms with E-state index < -0.39 is 24.3 Å². The number of imide groups is 1. The highest BCUT2D eigenvalue weighted by molar-refractivity contribution is 6.07. The molecule has 2 rings (SSSR count). The van der Waals surface area contributed by atoms with Crippen molar-refractivity contribution in [2.45, 2.75) is 18.4 Å². The Morgan fingerprint density at radius 1 is 1.29 bits per heavy atom. The lowest BCUT2D eigenvalue weighted by molar-refractivity contribution is -0.148. The predicted molar refractivity (Wildman–Crippen MR) is 57.7 cm³/mol. The van der Waals surface area contributed by atoms with E-state index in [1.807, 2.05) is 18.2 Å². The van der Waals surface area contributed by atoms with Gasteiger partial charge in [0.05, 0.1) is 6.42 Å². The third kappa shape index (κ3) is 2.34. The maximum absolute atomic E-state index is 12.4. The molecule has 90 valence electrons. The van der Waals surface area contributed by atoms with E-state index in [1.54, 1.807) is 12.1 Å². The zero-order valence-corrected chi connectivity index (χ0v) is 9.11. The van der Waals surface area contributed by atoms with Gasteiger partial charge in [-0.15, -0.1) is 0 Å². The van der Waals surface area contributed by atoms with Gasteiger partial charge in [0, 0.05) is 6.42 Å². The number of alkyl halides is 1. The van der Waals surface area contributed by atoms with E-state index >= 15 is 0 Å². The summed E-state index contributed by atoms with van der Waals surface area (Å²) in [5.74, 6) is -0.997. The summed E-state index contributed by atoms with van der Waals surface area (Å²) in [6.07, 6.45) is 0.0555. The van der Waals surface area contributed by atoms with Crippen LogP contribution in [0.1, 0.15) is 12.0 Å². The zero-order valence-electron chi connectivity index (χ0n) is 9.11. The van der Waals surface area contributed by atoms with Crippen molar-refractivity contribution in [2.75, 3.05) is 6.86 Å². The Balaban J connectivity index is 2.24. The molecule has 1 heterocycles. The molecule has 0 bridgehead atoms. The molecule has 4 nitrogen and oxygen atoms in total. The van der Waals surface area contributed by atoms with Gasteiger partial charge in [-0.25, -0.2) is 4.39 Å². The van der Waals surface area contributed by atoms with Crippen molar-refractivity contribution in [3.63, 3.8) is 0 Å². The number of carbonyl (C=O) groups excluding carboxylic acids is 2. The molecule has 0 spiro atoms. The van der Waals surface area contributed by atoms with Crippen molar-refractivity contribution in [2.24, 2.45) is 0 Å². The van der Waals surface area contributed by atoms with Crippen LogP contribution in [0.4, 0.5) is 4.39 Å². The lowest BCUT2D eigenvalue weighted by atomic mass is 9.92. The summed E-state index contributed by atoms with van der Waals surface area (Å²) in [6.45, 7) is -1.09. The number of ether oxygens (including phenoxy) is 1. The fourth-order valence-corrected chi connectivity index (χ4v) is 1.96. The van der Waals surface area contributed by atoms with E-state index in [9.17, 15) is 14.0 Å². The summed E-state index contributed by atoms with van der Waals surface area (Å²) >= 11 is 0. The number of amides is 2. The highest BCUT2D eigenvalue weighted by Crippen LogP contribution is 2.26. The Bertz CT molecular complexity index is 435. The molecule has 1 atom stereocenters. The van der Waals surface area contributed by atoms with Crippen LogP contribution in [0, 0.1) is 0 Å². The average Bonchev–Trinajstić information content (AvgIpc) is 2.55. The van der Waals surface area contributed by atoms with E-state index in [4.69, 9.17) is 4.74 Å². The van der Waals surface area contributed by atoms with E-state index in [0.717, 1.165) is 5.56 Å². The van der Waals surface area contributed by atoms with Crippen LogP contribution in [0.25, 0.3) is 0 Å². The molecule has 0 radical (unpaired) electrons. The van der Waals surface area contributed by atoms with Gasteiger partial charge in [0.15, 0.2) is 12.5 Å². The van der Waals surface area contributed by atoms with Gasteiger partial charge in [0.25, 0.3) is 5.91 Å². The molecular weight excluding hydrogens is 225 g/mol. The highest BCUT2D eigenvalue weighted by Gasteiger charge is 2.48. The molecule has 17 heavy (non-hydrogen) atoms. The van der Waals surface area contributed by atoms with Gasteiger partial charge in [0.1, 0.15) is 0 Å². The average molecular weight is 237 g/mol. The smallest absolute Gasteiger partial charge is 0.259 e. The molecule has 1 aromatic carbocycles. The summed E-state index contributed by atoms with van der Waals surface area (Å²) < 4.78 is 17.3. The second-order valence-electron chi connectivity index (χ2n) is 3.96. The number of nitrogens with one attached hydrogen (secondary N) is 1. The minimum absolute atomic E-state index is 0.134. The van der Waals surface area contributed by atoms with Crippen molar-refractivity contribution in [3.05, 3.63) is 35.9 Å². The van der Waals surface area contributed by atoms with E-state index in [1.165, 1.54) is 0 Å². The number of carbonyl (C=O) groups is 2. The molecule has 0 aromatic heterocycles. The van der Waals surface area contributed by atoms with Gasteiger partial charge in [-0.3, -0.25) is 14.9 Å². The molecular formula is C12H12FNO3. The minimum atomic E-state index is -1.40. The van der Waals surface area contributed by atoms with Crippen LogP contribution in [0.5, 0.6) is 0 Å². The summed E-state index contributed by atoms with van der Waals surface area (Å²) in [5, 5.41) is 2.14. The van der Waals surface area contributed by atoms with Gasteiger partial charge in [0.2, 0.25) is 5.91 Å². The first-order valence-electron chi connectivity index (χ1n) is 5.24. The van der Waals surface area contributed by atoms with Crippen LogP contribution in [0.3, 0.4) is 0 Å². The molecule has 0 saturated carbocycles. The summed E-state index contributed by atoms with van der Waals surface area (Å²) in [4.78, 5) is 22.9. The summed E-state index contributed by atoms with van der Waals surface area (Å²) in [5.41, 5.74) is -0.571. The number of benzene rings is 1. The Morgan fingerprint density at radius 3 is 2.53 bits per heavy atom. The molecule has 1 saturated heterocycles. The first-order valence-corrected chi connectivity index (χ1v) is 5.24. The molecule has 0 aliphatic carbocycles. The van der Waals surface area contributed by atoms with Gasteiger partial charge in [-0.1, -0.05) is 30.3 Å². The summed E-state index contributed by atoms with van der Waals surface area (Å²) in [6, 6.07) is 9.07. The third-order valence-electron chi connectivity index (χ3n) is 2.78. The van der Waals surface area contributed by atoms with Crippen molar-refractivity contribution in [3.8, 4) is 0 Å². The molecule has 1 aliphatic rings. The Kier molecular flexibility index (Phi) is 3.19. The van der Waals surface area contributed by atoms with E-state index in [0.29, 0.717) is 0 Å². The molecule has 2 amide bonds. The molecule has 1 aliphatic heterocycles. The van der Waals surface area contributed by atoms with Gasteiger partial charge < -0.3 is 4.74 Å². The van der Waals surface area contributed by atoms with Gasteiger partial charge in [-0.05, 0) is 5.56 Å². The van der Waals surface area contributed by atoms with E-state index in [-0.39, 0.29) is 12.8 Å². The number of rotatable bonds is 4. The second-order valence-corrected chi connectivity index (χ2v) is 3.96. The first-order chi connectivity index (χ1) is 8.16. The normalized spacial score (nSPS) is 23.8. The lowest BCUT2D eigenvalue weighted by Crippen LogP contribution is -2.42. The Morgan fingerprint density at radius 2 is 2.00 bits per heavy atom. The van der Waals surface area contributed by atoms with Crippen LogP contribution in [-0.2, 0) is 20.7 Å². The Labute approximate surface area is 97.8 Å². The van der Waals surface area contributed by atoms with Crippen LogP contribution in [-0.4, -0.2) is 24.3 Å². The minimum Gasteiger partial charge on any atom is -0.333 e. The van der Waals surface area contributed by atoms with Crippen LogP contribution >= 0.6 is 0 Å². The maximum Gasteiger partial charge on any atom is 0.259 e. The quantitative estimate of drug-likeness (QED) is 0.793. The monoisotopic (exact) mass is 237 g/mol. The molecule has 1 aromatic rings. The highest BCUT2D eigenvalue weighted by atomic mass is 19.1. The molecule has 5 heteroatoms. The molecule has 1 fully saturated rings. The van der Waals surface area contributed by atoms with E-state index in [2.05, 4.69) is 5.32 Å². The maximum atomic E-state index is 12.4. The fraction of sp³-hybridized carbons (Fsp3) is 0.333. The topological polar surface area (TPSA) is 55.4 Å². The zero-order chi connectivity index (χ0) is 12.3. The number of hydrogen-bond donors (Lipinski definition) is 1. The molecule has 1 unspecified atom stereocenters. The van der Waals surface area contributed by atoms with Crippen molar-refractivity contribution < 1.29 is 18.7 Å². The SMILES string of the molecule is O=C1CC(Cc2ccccc2)(OCF)C(=O)N1. The van der Waals surface area contributed by atoms with Crippen molar-refractivity contribution in [1.29, 1.82) is 0 Å². The van der Waals surface area contributed by atoms with Crippen LogP contribution < -0.4 is 5.32 Å². The summed E-state index contributed by atoms with van der Waals surface area (Å²) in [7, 11) is 0.